The van der Waals surface area contributed by atoms with Gasteiger partial charge in [-0.1, -0.05) is 65.1 Å². The van der Waals surface area contributed by atoms with Crippen LogP contribution in [0.4, 0.5) is 5.69 Å². The predicted molar refractivity (Wildman–Crippen MR) is 152 cm³/mol. The highest BCUT2D eigenvalue weighted by atomic mass is 35.5. The van der Waals surface area contributed by atoms with Gasteiger partial charge in [-0.05, 0) is 62.7 Å². The summed E-state index contributed by atoms with van der Waals surface area (Å²) >= 11 is 19.1. The molecule has 0 aliphatic heterocycles. The lowest BCUT2D eigenvalue weighted by molar-refractivity contribution is -0.139. The Balaban J connectivity index is 2.08. The van der Waals surface area contributed by atoms with Gasteiger partial charge in [-0.15, -0.1) is 0 Å². The molecule has 3 rings (SSSR count). The lowest BCUT2D eigenvalue weighted by Gasteiger charge is -2.32. The number of carbonyl (C=O) groups excluding carboxylic acids is 2. The van der Waals surface area contributed by atoms with Crippen molar-refractivity contribution in [2.45, 2.75) is 38.3 Å². The number of rotatable bonds is 10. The van der Waals surface area contributed by atoms with E-state index in [1.807, 2.05) is 0 Å². The average molecular weight is 597 g/mol. The van der Waals surface area contributed by atoms with Crippen LogP contribution >= 0.6 is 34.8 Å². The number of nitrogens with one attached hydrogen (secondary N) is 1. The number of carbonyl (C=O) groups is 2. The Kier molecular flexibility index (Phi) is 10.1. The average Bonchev–Trinajstić information content (AvgIpc) is 2.89. The first-order valence-corrected chi connectivity index (χ1v) is 14.4. The summed E-state index contributed by atoms with van der Waals surface area (Å²) in [6, 6.07) is 16.5. The van der Waals surface area contributed by atoms with Crippen LogP contribution in [-0.2, 0) is 26.2 Å². The standard InChI is InChI=1S/C27H28Cl3N3O4S/c1-4-31-27(35)19(3)32(16-22-23(28)11-8-12-24(22)29)26(34)17-33(20-14-13-18(2)25(30)15-20)38(36,37)21-9-6-5-7-10-21/h5-15,19H,4,16-17H2,1-3H3,(H,31,35)/t19-/m0/s1. The zero-order valence-corrected chi connectivity index (χ0v) is 24.2. The van der Waals surface area contributed by atoms with Crippen molar-refractivity contribution in [3.8, 4) is 0 Å². The van der Waals surface area contributed by atoms with Gasteiger partial charge < -0.3 is 10.2 Å². The van der Waals surface area contributed by atoms with E-state index >= 15 is 0 Å². The van der Waals surface area contributed by atoms with Gasteiger partial charge in [-0.2, -0.15) is 0 Å². The summed E-state index contributed by atoms with van der Waals surface area (Å²) in [4.78, 5) is 27.9. The summed E-state index contributed by atoms with van der Waals surface area (Å²) < 4.78 is 28.5. The van der Waals surface area contributed by atoms with E-state index in [-0.39, 0.29) is 17.1 Å². The maximum atomic E-state index is 13.9. The van der Waals surface area contributed by atoms with Gasteiger partial charge in [-0.25, -0.2) is 8.42 Å². The van der Waals surface area contributed by atoms with Crippen LogP contribution in [0.2, 0.25) is 15.1 Å². The Bertz CT molecular complexity index is 1400. The van der Waals surface area contributed by atoms with Gasteiger partial charge in [0, 0.05) is 33.7 Å². The smallest absolute Gasteiger partial charge is 0.264 e. The molecule has 0 heterocycles. The van der Waals surface area contributed by atoms with Crippen molar-refractivity contribution in [1.82, 2.24) is 10.2 Å². The third-order valence-corrected chi connectivity index (χ3v) is 8.87. The topological polar surface area (TPSA) is 86.8 Å². The van der Waals surface area contributed by atoms with Crippen molar-refractivity contribution in [2.75, 3.05) is 17.4 Å². The second-order valence-electron chi connectivity index (χ2n) is 8.55. The first-order chi connectivity index (χ1) is 18.0. The molecule has 0 aromatic heterocycles. The SMILES string of the molecule is CCNC(=O)[C@H](C)N(Cc1c(Cl)cccc1Cl)C(=O)CN(c1ccc(C)c(Cl)c1)S(=O)(=O)c1ccccc1. The quantitative estimate of drug-likeness (QED) is 0.325. The molecule has 3 aromatic rings. The number of aryl methyl sites for hydroxylation is 1. The van der Waals surface area contributed by atoms with Crippen LogP contribution in [-0.4, -0.2) is 44.3 Å². The molecule has 7 nitrogen and oxygen atoms in total. The number of likely N-dealkylation sites (N-methyl/N-ethyl adjacent to an activating group) is 1. The monoisotopic (exact) mass is 595 g/mol. The molecule has 202 valence electrons. The summed E-state index contributed by atoms with van der Waals surface area (Å²) in [7, 11) is -4.18. The highest BCUT2D eigenvalue weighted by molar-refractivity contribution is 7.92. The first kappa shape index (κ1) is 29.8. The molecular weight excluding hydrogens is 569 g/mol. The van der Waals surface area contributed by atoms with Gasteiger partial charge in [0.1, 0.15) is 12.6 Å². The number of halogens is 3. The molecule has 0 fully saturated rings. The summed E-state index contributed by atoms with van der Waals surface area (Å²) in [6.07, 6.45) is 0. The van der Waals surface area contributed by atoms with Crippen LogP contribution in [0.1, 0.15) is 25.0 Å². The molecule has 0 bridgehead atoms. The maximum absolute atomic E-state index is 13.9. The molecule has 1 atom stereocenters. The normalized spacial score (nSPS) is 12.1. The molecule has 0 unspecified atom stereocenters. The summed E-state index contributed by atoms with van der Waals surface area (Å²) in [5.41, 5.74) is 1.40. The fraction of sp³-hybridized carbons (Fsp3) is 0.259. The molecule has 0 aliphatic carbocycles. The molecular formula is C27H28Cl3N3O4S. The molecule has 0 spiro atoms. The van der Waals surface area contributed by atoms with E-state index in [2.05, 4.69) is 5.32 Å². The van der Waals surface area contributed by atoms with Gasteiger partial charge in [0.05, 0.1) is 10.6 Å². The fourth-order valence-electron chi connectivity index (χ4n) is 3.74. The Morgan fingerprint density at radius 1 is 0.921 bits per heavy atom. The second kappa shape index (κ2) is 12.8. The zero-order chi connectivity index (χ0) is 28.0. The van der Waals surface area contributed by atoms with Crippen molar-refractivity contribution in [2.24, 2.45) is 0 Å². The summed E-state index contributed by atoms with van der Waals surface area (Å²) in [5, 5.41) is 3.68. The van der Waals surface area contributed by atoms with Crippen molar-refractivity contribution >= 4 is 62.3 Å². The molecule has 3 aromatic carbocycles. The molecule has 38 heavy (non-hydrogen) atoms. The molecule has 2 amide bonds. The predicted octanol–water partition coefficient (Wildman–Crippen LogP) is 5.70. The number of amides is 2. The minimum Gasteiger partial charge on any atom is -0.355 e. The van der Waals surface area contributed by atoms with Crippen LogP contribution in [0.15, 0.2) is 71.6 Å². The number of sulfonamides is 1. The van der Waals surface area contributed by atoms with Crippen molar-refractivity contribution in [3.05, 3.63) is 92.9 Å². The third-order valence-electron chi connectivity index (χ3n) is 5.96. The lowest BCUT2D eigenvalue weighted by Crippen LogP contribution is -2.51. The molecule has 11 heteroatoms. The van der Waals surface area contributed by atoms with E-state index in [0.717, 1.165) is 9.87 Å². The second-order valence-corrected chi connectivity index (χ2v) is 11.6. The van der Waals surface area contributed by atoms with Crippen molar-refractivity contribution in [1.29, 1.82) is 0 Å². The van der Waals surface area contributed by atoms with E-state index in [9.17, 15) is 18.0 Å². The maximum Gasteiger partial charge on any atom is 0.264 e. The minimum absolute atomic E-state index is 0.00182. The number of hydrogen-bond acceptors (Lipinski definition) is 4. The fourth-order valence-corrected chi connectivity index (χ4v) is 5.86. The highest BCUT2D eigenvalue weighted by Crippen LogP contribution is 2.30. The highest BCUT2D eigenvalue weighted by Gasteiger charge is 2.33. The van der Waals surface area contributed by atoms with Crippen LogP contribution in [0.3, 0.4) is 0 Å². The van der Waals surface area contributed by atoms with Gasteiger partial charge in [0.25, 0.3) is 10.0 Å². The van der Waals surface area contributed by atoms with Crippen LogP contribution in [0.25, 0.3) is 0 Å². The molecule has 0 saturated heterocycles. The Morgan fingerprint density at radius 2 is 1.55 bits per heavy atom. The largest absolute Gasteiger partial charge is 0.355 e. The van der Waals surface area contributed by atoms with Crippen LogP contribution in [0, 0.1) is 6.92 Å². The van der Waals surface area contributed by atoms with Gasteiger partial charge in [0.2, 0.25) is 11.8 Å². The van der Waals surface area contributed by atoms with E-state index < -0.39 is 34.4 Å². The van der Waals surface area contributed by atoms with Crippen LogP contribution in [0.5, 0.6) is 0 Å². The van der Waals surface area contributed by atoms with E-state index in [1.54, 1.807) is 69.3 Å². The number of anilines is 1. The number of hydrogen-bond donors (Lipinski definition) is 1. The molecule has 0 radical (unpaired) electrons. The van der Waals surface area contributed by atoms with Gasteiger partial charge >= 0.3 is 0 Å². The Morgan fingerprint density at radius 3 is 2.13 bits per heavy atom. The zero-order valence-electron chi connectivity index (χ0n) is 21.1. The molecule has 0 saturated carbocycles. The van der Waals surface area contributed by atoms with Crippen molar-refractivity contribution in [3.63, 3.8) is 0 Å². The summed E-state index contributed by atoms with van der Waals surface area (Å²) in [6.45, 7) is 4.76. The number of nitrogens with zero attached hydrogens (tertiary/aromatic N) is 2. The third kappa shape index (κ3) is 6.80. The first-order valence-electron chi connectivity index (χ1n) is 11.8. The minimum atomic E-state index is -4.18. The number of benzene rings is 3. The van der Waals surface area contributed by atoms with E-state index in [0.29, 0.717) is 27.2 Å². The Hall–Kier alpha value is -2.78. The van der Waals surface area contributed by atoms with Crippen molar-refractivity contribution < 1.29 is 18.0 Å². The van der Waals surface area contributed by atoms with E-state index in [4.69, 9.17) is 34.8 Å². The van der Waals surface area contributed by atoms with Gasteiger partial charge in [0.15, 0.2) is 0 Å². The Labute approximate surface area is 238 Å². The van der Waals surface area contributed by atoms with Crippen LogP contribution < -0.4 is 9.62 Å². The lowest BCUT2D eigenvalue weighted by atomic mass is 10.1. The summed E-state index contributed by atoms with van der Waals surface area (Å²) in [5.74, 6) is -1.03. The molecule has 0 aliphatic rings. The van der Waals surface area contributed by atoms with E-state index in [1.165, 1.54) is 23.1 Å². The van der Waals surface area contributed by atoms with Gasteiger partial charge in [-0.3, -0.25) is 13.9 Å². The molecule has 1 N–H and O–H groups in total.